The van der Waals surface area contributed by atoms with Crippen molar-refractivity contribution in [2.45, 2.75) is 34.1 Å². The summed E-state index contributed by atoms with van der Waals surface area (Å²) in [4.78, 5) is 11.2. The molecule has 0 fully saturated rings. The summed E-state index contributed by atoms with van der Waals surface area (Å²) in [5.74, 6) is 0.220. The third-order valence-electron chi connectivity index (χ3n) is 1.87. The summed E-state index contributed by atoms with van der Waals surface area (Å²) in [7, 11) is 0. The maximum Gasteiger partial charge on any atom is 0.160 e. The highest BCUT2D eigenvalue weighted by molar-refractivity contribution is 5.94. The van der Waals surface area contributed by atoms with Gasteiger partial charge in [0, 0.05) is 5.41 Å². The van der Waals surface area contributed by atoms with Gasteiger partial charge >= 0.3 is 0 Å². The lowest BCUT2D eigenvalue weighted by Crippen LogP contribution is -2.20. The summed E-state index contributed by atoms with van der Waals surface area (Å²) >= 11 is 0. The Hall–Kier alpha value is -0.590. The zero-order valence-electron chi connectivity index (χ0n) is 7.27. The average Bonchev–Trinajstić information content (AvgIpc) is 1.89. The molecule has 0 atom stereocenters. The Kier molecular flexibility index (Phi) is 3.34. The van der Waals surface area contributed by atoms with Crippen LogP contribution in [0.5, 0.6) is 0 Å². The molecule has 0 aliphatic carbocycles. The molecule has 0 saturated carbocycles. The van der Waals surface area contributed by atoms with Crippen LogP contribution in [-0.2, 0) is 4.79 Å². The molecular formula is C9H16O. The largest absolute Gasteiger partial charge is 0.294 e. The molecule has 0 aromatic heterocycles. The fourth-order valence-corrected chi connectivity index (χ4v) is 0.551. The Morgan fingerprint density at radius 2 is 2.00 bits per heavy atom. The third kappa shape index (κ3) is 2.34. The molecule has 0 radical (unpaired) electrons. The standard InChI is InChI=1S/C9H16O/c1-5-7-8(10)9(3,4)6-2/h5,7H,6H2,1-4H3. The lowest BCUT2D eigenvalue weighted by molar-refractivity contribution is -0.122. The van der Waals surface area contributed by atoms with Gasteiger partial charge in [-0.3, -0.25) is 4.79 Å². The number of ketones is 1. The van der Waals surface area contributed by atoms with Gasteiger partial charge in [-0.25, -0.2) is 0 Å². The van der Waals surface area contributed by atoms with Crippen molar-refractivity contribution in [3.63, 3.8) is 0 Å². The van der Waals surface area contributed by atoms with E-state index in [2.05, 4.69) is 0 Å². The van der Waals surface area contributed by atoms with Gasteiger partial charge in [-0.05, 0) is 19.4 Å². The van der Waals surface area contributed by atoms with Crippen LogP contribution in [0.2, 0.25) is 0 Å². The molecule has 0 rings (SSSR count). The maximum atomic E-state index is 11.2. The van der Waals surface area contributed by atoms with Gasteiger partial charge in [-0.1, -0.05) is 26.8 Å². The number of rotatable bonds is 3. The molecule has 10 heavy (non-hydrogen) atoms. The average molecular weight is 140 g/mol. The number of hydrogen-bond donors (Lipinski definition) is 0. The molecule has 0 saturated heterocycles. The lowest BCUT2D eigenvalue weighted by Gasteiger charge is -2.17. The van der Waals surface area contributed by atoms with E-state index in [-0.39, 0.29) is 11.2 Å². The van der Waals surface area contributed by atoms with Crippen molar-refractivity contribution in [2.24, 2.45) is 5.41 Å². The molecule has 0 amide bonds. The molecule has 58 valence electrons. The Morgan fingerprint density at radius 3 is 2.30 bits per heavy atom. The molecular weight excluding hydrogens is 124 g/mol. The summed E-state index contributed by atoms with van der Waals surface area (Å²) in [6, 6.07) is 0. The number of carbonyl (C=O) groups is 1. The van der Waals surface area contributed by atoms with Gasteiger partial charge in [0.25, 0.3) is 0 Å². The number of hydrogen-bond acceptors (Lipinski definition) is 1. The normalized spacial score (nSPS) is 12.4. The first-order chi connectivity index (χ1) is 4.54. The highest BCUT2D eigenvalue weighted by Gasteiger charge is 2.21. The fraction of sp³-hybridized carbons (Fsp3) is 0.667. The molecule has 0 aliphatic heterocycles. The van der Waals surface area contributed by atoms with Crippen LogP contribution in [0.4, 0.5) is 0 Å². The molecule has 0 aromatic carbocycles. The van der Waals surface area contributed by atoms with E-state index in [0.717, 1.165) is 6.42 Å². The first-order valence-corrected chi connectivity index (χ1v) is 3.71. The monoisotopic (exact) mass is 140 g/mol. The highest BCUT2D eigenvalue weighted by Crippen LogP contribution is 2.21. The number of carbonyl (C=O) groups excluding carboxylic acids is 1. The zero-order valence-corrected chi connectivity index (χ0v) is 7.27. The van der Waals surface area contributed by atoms with Crippen LogP contribution >= 0.6 is 0 Å². The van der Waals surface area contributed by atoms with Gasteiger partial charge in [0.05, 0.1) is 0 Å². The summed E-state index contributed by atoms with van der Waals surface area (Å²) in [6.07, 6.45) is 4.33. The van der Waals surface area contributed by atoms with Crippen LogP contribution in [0.3, 0.4) is 0 Å². The second kappa shape index (κ2) is 3.55. The van der Waals surface area contributed by atoms with E-state index in [1.165, 1.54) is 0 Å². The maximum absolute atomic E-state index is 11.2. The minimum absolute atomic E-state index is 0.174. The quantitative estimate of drug-likeness (QED) is 0.551. The summed E-state index contributed by atoms with van der Waals surface area (Å²) in [6.45, 7) is 7.83. The second-order valence-corrected chi connectivity index (χ2v) is 3.10. The molecule has 0 heterocycles. The van der Waals surface area contributed by atoms with Gasteiger partial charge in [0.2, 0.25) is 0 Å². The summed E-state index contributed by atoms with van der Waals surface area (Å²) < 4.78 is 0. The molecule has 1 heteroatoms. The molecule has 0 unspecified atom stereocenters. The molecule has 0 bridgehead atoms. The van der Waals surface area contributed by atoms with E-state index in [1.54, 1.807) is 12.2 Å². The third-order valence-corrected chi connectivity index (χ3v) is 1.87. The molecule has 0 aromatic rings. The van der Waals surface area contributed by atoms with Gasteiger partial charge in [0.15, 0.2) is 5.78 Å². The van der Waals surface area contributed by atoms with Crippen LogP contribution in [0.15, 0.2) is 12.2 Å². The van der Waals surface area contributed by atoms with E-state index < -0.39 is 0 Å². The summed E-state index contributed by atoms with van der Waals surface area (Å²) in [5.41, 5.74) is -0.174. The molecule has 0 aliphatic rings. The number of allylic oxidation sites excluding steroid dienone is 2. The predicted molar refractivity (Wildman–Crippen MR) is 43.9 cm³/mol. The lowest BCUT2D eigenvalue weighted by atomic mass is 9.85. The van der Waals surface area contributed by atoms with Crippen molar-refractivity contribution >= 4 is 5.78 Å². The van der Waals surface area contributed by atoms with Crippen molar-refractivity contribution in [3.05, 3.63) is 12.2 Å². The Bertz CT molecular complexity index is 143. The Morgan fingerprint density at radius 1 is 1.50 bits per heavy atom. The van der Waals surface area contributed by atoms with Crippen LogP contribution in [0.25, 0.3) is 0 Å². The van der Waals surface area contributed by atoms with Crippen molar-refractivity contribution in [1.82, 2.24) is 0 Å². The van der Waals surface area contributed by atoms with E-state index in [0.29, 0.717) is 0 Å². The summed E-state index contributed by atoms with van der Waals surface area (Å²) in [5, 5.41) is 0. The molecule has 0 spiro atoms. The zero-order chi connectivity index (χ0) is 8.20. The van der Waals surface area contributed by atoms with E-state index >= 15 is 0 Å². The second-order valence-electron chi connectivity index (χ2n) is 3.10. The Balaban J connectivity index is 4.18. The van der Waals surface area contributed by atoms with Crippen LogP contribution < -0.4 is 0 Å². The van der Waals surface area contributed by atoms with E-state index in [1.807, 2.05) is 27.7 Å². The van der Waals surface area contributed by atoms with Crippen molar-refractivity contribution in [1.29, 1.82) is 0 Å². The van der Waals surface area contributed by atoms with Crippen molar-refractivity contribution in [2.75, 3.05) is 0 Å². The van der Waals surface area contributed by atoms with E-state index in [9.17, 15) is 4.79 Å². The predicted octanol–water partition coefficient (Wildman–Crippen LogP) is 2.57. The van der Waals surface area contributed by atoms with Gasteiger partial charge in [-0.15, -0.1) is 0 Å². The first kappa shape index (κ1) is 9.41. The van der Waals surface area contributed by atoms with Crippen molar-refractivity contribution in [3.8, 4) is 0 Å². The van der Waals surface area contributed by atoms with Gasteiger partial charge < -0.3 is 0 Å². The van der Waals surface area contributed by atoms with Gasteiger partial charge in [-0.2, -0.15) is 0 Å². The van der Waals surface area contributed by atoms with Crippen molar-refractivity contribution < 1.29 is 4.79 Å². The Labute approximate surface area is 63.1 Å². The molecule has 1 nitrogen and oxygen atoms in total. The smallest absolute Gasteiger partial charge is 0.160 e. The van der Waals surface area contributed by atoms with E-state index in [4.69, 9.17) is 0 Å². The SMILES string of the molecule is CC=CC(=O)C(C)(C)CC. The van der Waals surface area contributed by atoms with Crippen LogP contribution in [0.1, 0.15) is 34.1 Å². The van der Waals surface area contributed by atoms with Crippen LogP contribution in [0, 0.1) is 5.41 Å². The highest BCUT2D eigenvalue weighted by atomic mass is 16.1. The molecule has 0 N–H and O–H groups in total. The minimum Gasteiger partial charge on any atom is -0.294 e. The topological polar surface area (TPSA) is 17.1 Å². The first-order valence-electron chi connectivity index (χ1n) is 3.71. The fourth-order valence-electron chi connectivity index (χ4n) is 0.551. The van der Waals surface area contributed by atoms with Gasteiger partial charge in [0.1, 0.15) is 0 Å². The minimum atomic E-state index is -0.174. The van der Waals surface area contributed by atoms with Crippen LogP contribution in [-0.4, -0.2) is 5.78 Å².